The van der Waals surface area contributed by atoms with E-state index in [1.54, 1.807) is 0 Å². The van der Waals surface area contributed by atoms with E-state index in [0.717, 1.165) is 23.8 Å². The Morgan fingerprint density at radius 3 is 2.55 bits per heavy atom. The summed E-state index contributed by atoms with van der Waals surface area (Å²) in [5.74, 6) is 0.308. The van der Waals surface area contributed by atoms with Crippen LogP contribution in [0.1, 0.15) is 79.7 Å². The van der Waals surface area contributed by atoms with Crippen LogP contribution in [0, 0.1) is 0 Å². The maximum atomic E-state index is 13.0. The summed E-state index contributed by atoms with van der Waals surface area (Å²) in [6.45, 7) is 8.61. The molecular formula is C29H30N2O2. The van der Waals surface area contributed by atoms with Crippen molar-refractivity contribution in [2.45, 2.75) is 65.3 Å². The summed E-state index contributed by atoms with van der Waals surface area (Å²) in [5, 5.41) is 5.41. The van der Waals surface area contributed by atoms with Gasteiger partial charge in [-0.25, -0.2) is 0 Å². The van der Waals surface area contributed by atoms with Crippen LogP contribution in [0.25, 0.3) is 32.9 Å². The standard InChI is InChI=1S/C25H18N2O2.2C2H6/c28-25-22-15(11-26-25)19-12-5-1-2-6-13(12)20-17-9-10-18(29-17)27-16-8-4-3-7-14(16)21(22)24(27)23(19)20;2*1-2/h1-8,17-18,20H,9-11H2,(H,26,28);2*1-2H3. The van der Waals surface area contributed by atoms with Crippen molar-refractivity contribution < 1.29 is 9.53 Å². The van der Waals surface area contributed by atoms with Gasteiger partial charge in [0.05, 0.1) is 22.7 Å². The third kappa shape index (κ3) is 2.42. The highest BCUT2D eigenvalue weighted by Crippen LogP contribution is 2.59. The SMILES string of the molecule is CC.CC.O=C1NCc2c3c4c5c(c21)c1ccccc1n5C1CCC(O1)C4c1ccccc1-3. The fourth-order valence-corrected chi connectivity index (χ4v) is 6.55. The molecule has 33 heavy (non-hydrogen) atoms. The summed E-state index contributed by atoms with van der Waals surface area (Å²) in [6.07, 6.45) is 2.35. The van der Waals surface area contributed by atoms with E-state index in [1.807, 2.05) is 27.7 Å². The second kappa shape index (κ2) is 7.46. The van der Waals surface area contributed by atoms with Gasteiger partial charge in [0.1, 0.15) is 6.23 Å². The number of amides is 1. The van der Waals surface area contributed by atoms with Crippen LogP contribution < -0.4 is 5.32 Å². The number of carbonyl (C=O) groups is 1. The molecule has 3 aromatic carbocycles. The molecule has 2 bridgehead atoms. The van der Waals surface area contributed by atoms with Crippen LogP contribution >= 0.6 is 0 Å². The Morgan fingerprint density at radius 2 is 1.70 bits per heavy atom. The van der Waals surface area contributed by atoms with Gasteiger partial charge in [-0.15, -0.1) is 0 Å². The molecule has 4 nitrogen and oxygen atoms in total. The molecule has 1 fully saturated rings. The van der Waals surface area contributed by atoms with Crippen LogP contribution in [-0.2, 0) is 11.3 Å². The van der Waals surface area contributed by atoms with Crippen LogP contribution in [-0.4, -0.2) is 16.6 Å². The first-order valence-electron chi connectivity index (χ1n) is 12.5. The normalized spacial score (nSPS) is 22.7. The molecule has 1 aromatic heterocycles. The van der Waals surface area contributed by atoms with Crippen LogP contribution in [0.5, 0.6) is 0 Å². The van der Waals surface area contributed by atoms with Crippen LogP contribution in [0.4, 0.5) is 0 Å². The molecule has 4 aliphatic rings. The average Bonchev–Trinajstić information content (AvgIpc) is 3.61. The largest absolute Gasteiger partial charge is 0.354 e. The van der Waals surface area contributed by atoms with E-state index in [2.05, 4.69) is 58.4 Å². The zero-order valence-electron chi connectivity index (χ0n) is 19.7. The lowest BCUT2D eigenvalue weighted by atomic mass is 9.86. The second-order valence-electron chi connectivity index (χ2n) is 8.71. The van der Waals surface area contributed by atoms with E-state index in [1.165, 1.54) is 44.2 Å². The molecule has 4 heteroatoms. The minimum atomic E-state index is 0.0479. The first-order chi connectivity index (χ1) is 16.3. The summed E-state index contributed by atoms with van der Waals surface area (Å²) in [6, 6.07) is 17.3. The van der Waals surface area contributed by atoms with E-state index >= 15 is 0 Å². The van der Waals surface area contributed by atoms with Crippen molar-refractivity contribution in [2.75, 3.05) is 0 Å². The van der Waals surface area contributed by atoms with Gasteiger partial charge in [0.2, 0.25) is 0 Å². The predicted octanol–water partition coefficient (Wildman–Crippen LogP) is 6.89. The number of nitrogens with one attached hydrogen (secondary N) is 1. The molecule has 0 spiro atoms. The number of rotatable bonds is 0. The Kier molecular flexibility index (Phi) is 4.63. The van der Waals surface area contributed by atoms with Gasteiger partial charge in [-0.3, -0.25) is 4.79 Å². The van der Waals surface area contributed by atoms with E-state index < -0.39 is 0 Å². The number of nitrogens with zero attached hydrogens (tertiary/aromatic N) is 1. The van der Waals surface area contributed by atoms with Gasteiger partial charge < -0.3 is 14.6 Å². The minimum Gasteiger partial charge on any atom is -0.354 e. The number of fused-ring (bicyclic) bond motifs is 13. The van der Waals surface area contributed by atoms with Crippen molar-refractivity contribution in [3.8, 4) is 11.1 Å². The Labute approximate surface area is 194 Å². The van der Waals surface area contributed by atoms with Gasteiger partial charge >= 0.3 is 0 Å². The van der Waals surface area contributed by atoms with Gasteiger partial charge in [0, 0.05) is 23.2 Å². The molecule has 3 unspecified atom stereocenters. The smallest absolute Gasteiger partial charge is 0.252 e. The van der Waals surface area contributed by atoms with Crippen LogP contribution in [0.15, 0.2) is 48.5 Å². The van der Waals surface area contributed by atoms with Crippen molar-refractivity contribution >= 4 is 27.7 Å². The highest BCUT2D eigenvalue weighted by Gasteiger charge is 2.47. The topological polar surface area (TPSA) is 43.3 Å². The van der Waals surface area contributed by atoms with Gasteiger partial charge in [-0.05, 0) is 46.7 Å². The molecule has 3 atom stereocenters. The van der Waals surface area contributed by atoms with E-state index in [0.29, 0.717) is 6.54 Å². The number of ether oxygens (including phenoxy) is 1. The first kappa shape index (κ1) is 20.5. The second-order valence-corrected chi connectivity index (χ2v) is 8.71. The number of hydrogen-bond acceptors (Lipinski definition) is 2. The molecule has 1 aliphatic carbocycles. The number of hydrogen-bond donors (Lipinski definition) is 1. The highest BCUT2D eigenvalue weighted by atomic mass is 16.5. The summed E-state index contributed by atoms with van der Waals surface area (Å²) in [4.78, 5) is 13.0. The average molecular weight is 439 g/mol. The monoisotopic (exact) mass is 438 g/mol. The Hall–Kier alpha value is -3.11. The molecule has 0 radical (unpaired) electrons. The lowest BCUT2D eigenvalue weighted by Crippen LogP contribution is -2.16. The molecule has 8 rings (SSSR count). The summed E-state index contributed by atoms with van der Waals surface area (Å²) >= 11 is 0. The summed E-state index contributed by atoms with van der Waals surface area (Å²) in [5.41, 5.74) is 9.78. The maximum absolute atomic E-state index is 13.0. The Bertz CT molecular complexity index is 1430. The maximum Gasteiger partial charge on any atom is 0.252 e. The van der Waals surface area contributed by atoms with E-state index in [4.69, 9.17) is 4.74 Å². The number of benzene rings is 3. The molecule has 3 aliphatic heterocycles. The van der Waals surface area contributed by atoms with Crippen LogP contribution in [0.2, 0.25) is 0 Å². The van der Waals surface area contributed by atoms with Crippen molar-refractivity contribution in [1.82, 2.24) is 9.88 Å². The fraction of sp³-hybridized carbons (Fsp3) is 0.345. The summed E-state index contributed by atoms with van der Waals surface area (Å²) < 4.78 is 9.08. The van der Waals surface area contributed by atoms with Crippen molar-refractivity contribution in [1.29, 1.82) is 0 Å². The van der Waals surface area contributed by atoms with Crippen molar-refractivity contribution in [3.63, 3.8) is 0 Å². The van der Waals surface area contributed by atoms with Crippen molar-refractivity contribution in [2.24, 2.45) is 0 Å². The zero-order valence-corrected chi connectivity index (χ0v) is 19.7. The van der Waals surface area contributed by atoms with Gasteiger partial charge in [-0.1, -0.05) is 70.2 Å². The van der Waals surface area contributed by atoms with Gasteiger partial charge in [0.15, 0.2) is 0 Å². The summed E-state index contributed by atoms with van der Waals surface area (Å²) in [7, 11) is 0. The highest BCUT2D eigenvalue weighted by molar-refractivity contribution is 6.23. The molecule has 1 N–H and O–H groups in total. The fourth-order valence-electron chi connectivity index (χ4n) is 6.55. The molecule has 4 aromatic rings. The van der Waals surface area contributed by atoms with E-state index in [9.17, 15) is 4.79 Å². The van der Waals surface area contributed by atoms with E-state index in [-0.39, 0.29) is 24.2 Å². The molecular weight excluding hydrogens is 408 g/mol. The molecule has 4 heterocycles. The number of aromatic nitrogens is 1. The first-order valence-corrected chi connectivity index (χ1v) is 12.5. The van der Waals surface area contributed by atoms with Gasteiger partial charge in [0.25, 0.3) is 5.91 Å². The zero-order chi connectivity index (χ0) is 22.9. The molecule has 0 saturated carbocycles. The Balaban J connectivity index is 0.000000492. The van der Waals surface area contributed by atoms with Crippen molar-refractivity contribution in [3.05, 3.63) is 70.8 Å². The minimum absolute atomic E-state index is 0.0479. The quantitative estimate of drug-likeness (QED) is 0.325. The molecule has 168 valence electrons. The lowest BCUT2D eigenvalue weighted by Gasteiger charge is -2.20. The van der Waals surface area contributed by atoms with Crippen LogP contribution in [0.3, 0.4) is 0 Å². The molecule has 1 amide bonds. The van der Waals surface area contributed by atoms with Gasteiger partial charge in [-0.2, -0.15) is 0 Å². The predicted molar refractivity (Wildman–Crippen MR) is 134 cm³/mol. The lowest BCUT2D eigenvalue weighted by molar-refractivity contribution is 0.00494. The molecule has 1 saturated heterocycles. The number of para-hydroxylation sites is 1. The third-order valence-corrected chi connectivity index (χ3v) is 7.51. The Morgan fingerprint density at radius 1 is 0.939 bits per heavy atom. The number of carbonyl (C=O) groups excluding carboxylic acids is 1. The third-order valence-electron chi connectivity index (χ3n) is 7.51.